The molecule has 0 bridgehead atoms. The van der Waals surface area contributed by atoms with E-state index in [1.54, 1.807) is 25.3 Å². The first-order valence-corrected chi connectivity index (χ1v) is 8.97. The number of piperidine rings is 1. The molecule has 0 saturated carbocycles. The summed E-state index contributed by atoms with van der Waals surface area (Å²) in [5.74, 6) is 0.148. The maximum Gasteiger partial charge on any atom is 0.335 e. The quantitative estimate of drug-likeness (QED) is 0.858. The van der Waals surface area contributed by atoms with Crippen LogP contribution >= 0.6 is 0 Å². The Labute approximate surface area is 153 Å². The summed E-state index contributed by atoms with van der Waals surface area (Å²) in [6.07, 6.45) is 2.25. The molecule has 0 amide bonds. The van der Waals surface area contributed by atoms with Gasteiger partial charge >= 0.3 is 5.97 Å². The van der Waals surface area contributed by atoms with Crippen LogP contribution in [0.25, 0.3) is 11.3 Å². The number of aromatic nitrogens is 2. The summed E-state index contributed by atoms with van der Waals surface area (Å²) in [5.41, 5.74) is 2.90. The molecule has 6 heteroatoms. The predicted molar refractivity (Wildman–Crippen MR) is 99.5 cm³/mol. The van der Waals surface area contributed by atoms with Gasteiger partial charge in [-0.3, -0.25) is 0 Å². The summed E-state index contributed by atoms with van der Waals surface area (Å²) in [4.78, 5) is 22.9. The fourth-order valence-corrected chi connectivity index (χ4v) is 3.48. The monoisotopic (exact) mass is 355 g/mol. The second-order valence-corrected chi connectivity index (χ2v) is 6.74. The van der Waals surface area contributed by atoms with Gasteiger partial charge in [-0.1, -0.05) is 12.1 Å². The number of ether oxygens (including phenoxy) is 1. The highest BCUT2D eigenvalue weighted by Gasteiger charge is 2.23. The van der Waals surface area contributed by atoms with Gasteiger partial charge in [0.05, 0.1) is 17.9 Å². The van der Waals surface area contributed by atoms with Crippen LogP contribution in [0.2, 0.25) is 0 Å². The van der Waals surface area contributed by atoms with Crippen molar-refractivity contribution >= 4 is 5.97 Å². The van der Waals surface area contributed by atoms with E-state index in [0.717, 1.165) is 56.0 Å². The van der Waals surface area contributed by atoms with Gasteiger partial charge < -0.3 is 14.7 Å². The van der Waals surface area contributed by atoms with E-state index in [1.807, 2.05) is 19.1 Å². The lowest BCUT2D eigenvalue weighted by molar-refractivity contribution is 0.0697. The van der Waals surface area contributed by atoms with E-state index in [2.05, 4.69) is 14.9 Å². The van der Waals surface area contributed by atoms with Crippen molar-refractivity contribution in [1.82, 2.24) is 14.9 Å². The van der Waals surface area contributed by atoms with Gasteiger partial charge in [0.2, 0.25) is 0 Å². The van der Waals surface area contributed by atoms with Crippen molar-refractivity contribution in [2.75, 3.05) is 33.4 Å². The molecule has 0 aliphatic carbocycles. The zero-order valence-electron chi connectivity index (χ0n) is 15.3. The van der Waals surface area contributed by atoms with E-state index in [4.69, 9.17) is 4.74 Å². The van der Waals surface area contributed by atoms with Crippen LogP contribution in [-0.4, -0.2) is 59.3 Å². The van der Waals surface area contributed by atoms with Gasteiger partial charge in [0.15, 0.2) is 0 Å². The fourth-order valence-electron chi connectivity index (χ4n) is 3.48. The Balaban J connectivity index is 1.86. The summed E-state index contributed by atoms with van der Waals surface area (Å²) in [7, 11) is 1.73. The molecule has 1 aromatic heterocycles. The number of nitrogens with zero attached hydrogens (tertiary/aromatic N) is 3. The van der Waals surface area contributed by atoms with Gasteiger partial charge in [0, 0.05) is 37.4 Å². The van der Waals surface area contributed by atoms with Gasteiger partial charge in [-0.25, -0.2) is 14.8 Å². The number of benzene rings is 1. The zero-order valence-corrected chi connectivity index (χ0v) is 15.3. The van der Waals surface area contributed by atoms with E-state index in [1.165, 1.54) is 0 Å². The molecular formula is C20H25N3O3. The third kappa shape index (κ3) is 4.45. The average Bonchev–Trinajstić information content (AvgIpc) is 2.66. The number of carboxylic acids is 1. The third-order valence-corrected chi connectivity index (χ3v) is 4.80. The normalized spacial score (nSPS) is 18.0. The molecule has 3 rings (SSSR count). The van der Waals surface area contributed by atoms with Crippen LogP contribution in [0.4, 0.5) is 0 Å². The molecule has 1 N–H and O–H groups in total. The molecule has 0 radical (unpaired) electrons. The van der Waals surface area contributed by atoms with E-state index in [0.29, 0.717) is 11.7 Å². The minimum atomic E-state index is -0.932. The predicted octanol–water partition coefficient (Wildman–Crippen LogP) is 2.98. The number of aryl methyl sites for hydroxylation is 1. The number of rotatable bonds is 6. The molecular weight excluding hydrogens is 330 g/mol. The number of aromatic carboxylic acids is 1. The smallest absolute Gasteiger partial charge is 0.335 e. The van der Waals surface area contributed by atoms with Crippen molar-refractivity contribution in [2.45, 2.75) is 25.7 Å². The standard InChI is InChI=1S/C20H25N3O3/c1-14-21-18(15-5-3-6-16(11-15)20(24)25)12-19(22-14)17-7-4-8-23(13-17)9-10-26-2/h3,5-6,11-12,17H,4,7-10,13H2,1-2H3,(H,24,25). The Bertz CT molecular complexity index is 779. The highest BCUT2D eigenvalue weighted by molar-refractivity contribution is 5.89. The molecule has 1 fully saturated rings. The van der Waals surface area contributed by atoms with E-state index in [9.17, 15) is 9.90 Å². The van der Waals surface area contributed by atoms with Crippen molar-refractivity contribution in [3.05, 3.63) is 47.4 Å². The minimum Gasteiger partial charge on any atom is -0.478 e. The molecule has 2 heterocycles. The number of hydrogen-bond donors (Lipinski definition) is 1. The maximum atomic E-state index is 11.2. The topological polar surface area (TPSA) is 75.5 Å². The fraction of sp³-hybridized carbons (Fsp3) is 0.450. The third-order valence-electron chi connectivity index (χ3n) is 4.80. The Morgan fingerprint density at radius 3 is 2.96 bits per heavy atom. The lowest BCUT2D eigenvalue weighted by Gasteiger charge is -2.32. The van der Waals surface area contributed by atoms with Crippen LogP contribution in [-0.2, 0) is 4.74 Å². The van der Waals surface area contributed by atoms with Crippen LogP contribution in [0, 0.1) is 6.92 Å². The lowest BCUT2D eigenvalue weighted by Crippen LogP contribution is -2.36. The molecule has 26 heavy (non-hydrogen) atoms. The van der Waals surface area contributed by atoms with Crippen LogP contribution in [0.1, 0.15) is 40.6 Å². The highest BCUT2D eigenvalue weighted by Crippen LogP contribution is 2.28. The zero-order chi connectivity index (χ0) is 18.5. The number of carboxylic acid groups (broad SMARTS) is 1. The van der Waals surface area contributed by atoms with Gasteiger partial charge in [-0.2, -0.15) is 0 Å². The van der Waals surface area contributed by atoms with Crippen LogP contribution in [0.3, 0.4) is 0 Å². The minimum absolute atomic E-state index is 0.267. The van der Waals surface area contributed by atoms with E-state index >= 15 is 0 Å². The van der Waals surface area contributed by atoms with Gasteiger partial charge in [-0.05, 0) is 44.5 Å². The summed E-state index contributed by atoms with van der Waals surface area (Å²) < 4.78 is 5.20. The Morgan fingerprint density at radius 2 is 2.19 bits per heavy atom. The Kier molecular flexibility index (Phi) is 5.96. The number of hydrogen-bond acceptors (Lipinski definition) is 5. The van der Waals surface area contributed by atoms with Gasteiger partial charge in [0.1, 0.15) is 5.82 Å². The first kappa shape index (κ1) is 18.5. The summed E-state index contributed by atoms with van der Waals surface area (Å²) in [6, 6.07) is 8.92. The summed E-state index contributed by atoms with van der Waals surface area (Å²) in [6.45, 7) is 5.62. The first-order valence-electron chi connectivity index (χ1n) is 8.97. The highest BCUT2D eigenvalue weighted by atomic mass is 16.5. The molecule has 1 atom stereocenters. The van der Waals surface area contributed by atoms with Crippen LogP contribution in [0.5, 0.6) is 0 Å². The average molecular weight is 355 g/mol. The van der Waals surface area contributed by atoms with Crippen molar-refractivity contribution in [2.24, 2.45) is 0 Å². The van der Waals surface area contributed by atoms with Crippen molar-refractivity contribution in [1.29, 1.82) is 0 Å². The summed E-state index contributed by atoms with van der Waals surface area (Å²) in [5, 5.41) is 9.22. The Morgan fingerprint density at radius 1 is 1.35 bits per heavy atom. The number of methoxy groups -OCH3 is 1. The second-order valence-electron chi connectivity index (χ2n) is 6.74. The molecule has 2 aromatic rings. The Hall–Kier alpha value is -2.31. The van der Waals surface area contributed by atoms with E-state index < -0.39 is 5.97 Å². The van der Waals surface area contributed by atoms with Crippen LogP contribution < -0.4 is 0 Å². The van der Waals surface area contributed by atoms with Crippen molar-refractivity contribution in [3.63, 3.8) is 0 Å². The van der Waals surface area contributed by atoms with Crippen molar-refractivity contribution < 1.29 is 14.6 Å². The summed E-state index contributed by atoms with van der Waals surface area (Å²) >= 11 is 0. The molecule has 1 aliphatic heterocycles. The van der Waals surface area contributed by atoms with Gasteiger partial charge in [0.25, 0.3) is 0 Å². The van der Waals surface area contributed by atoms with Crippen molar-refractivity contribution in [3.8, 4) is 11.3 Å². The molecule has 138 valence electrons. The SMILES string of the molecule is COCCN1CCCC(c2cc(-c3cccc(C(=O)O)c3)nc(C)n2)C1. The lowest BCUT2D eigenvalue weighted by atomic mass is 9.93. The molecule has 0 spiro atoms. The van der Waals surface area contributed by atoms with Gasteiger partial charge in [-0.15, -0.1) is 0 Å². The van der Waals surface area contributed by atoms with E-state index in [-0.39, 0.29) is 5.56 Å². The largest absolute Gasteiger partial charge is 0.478 e. The number of carbonyl (C=O) groups is 1. The molecule has 1 unspecified atom stereocenters. The molecule has 6 nitrogen and oxygen atoms in total. The molecule has 1 aromatic carbocycles. The second kappa shape index (κ2) is 8.38. The number of likely N-dealkylation sites (tertiary alicyclic amines) is 1. The molecule has 1 saturated heterocycles. The first-order chi connectivity index (χ1) is 12.6. The molecule has 1 aliphatic rings. The maximum absolute atomic E-state index is 11.2. The van der Waals surface area contributed by atoms with Crippen LogP contribution in [0.15, 0.2) is 30.3 Å².